The molecule has 1 aliphatic heterocycles. The summed E-state index contributed by atoms with van der Waals surface area (Å²) in [4.78, 5) is 5.65. The van der Waals surface area contributed by atoms with Gasteiger partial charge in [-0.05, 0) is 25.1 Å². The van der Waals surface area contributed by atoms with Crippen LogP contribution in [0, 0.1) is 0 Å². The highest BCUT2D eigenvalue weighted by molar-refractivity contribution is 7.99. The molecule has 0 bridgehead atoms. The van der Waals surface area contributed by atoms with Crippen molar-refractivity contribution in [2.24, 2.45) is 4.99 Å². The molecule has 1 N–H and O–H groups in total. The highest BCUT2D eigenvalue weighted by atomic mass is 35.5. The number of nitrogens with zero attached hydrogens (tertiary/aromatic N) is 1. The quantitative estimate of drug-likeness (QED) is 0.668. The predicted molar refractivity (Wildman–Crippen MR) is 76.4 cm³/mol. The molecule has 2 nitrogen and oxygen atoms in total. The summed E-state index contributed by atoms with van der Waals surface area (Å²) in [5.41, 5.74) is 2.26. The molecule has 1 aliphatic rings. The maximum absolute atomic E-state index is 6.05. The van der Waals surface area contributed by atoms with Crippen molar-refractivity contribution in [1.82, 2.24) is 5.32 Å². The molecule has 0 aromatic heterocycles. The van der Waals surface area contributed by atoms with Gasteiger partial charge in [0.2, 0.25) is 0 Å². The number of hydrogen-bond donors (Lipinski definition) is 1. The second-order valence-corrected chi connectivity index (χ2v) is 5.50. The summed E-state index contributed by atoms with van der Waals surface area (Å²) < 4.78 is 0. The molecule has 0 spiro atoms. The molecular weight excluding hydrogens is 252 g/mol. The number of rotatable bonds is 4. The monoisotopic (exact) mass is 266 g/mol. The molecule has 0 amide bonds. The Kier molecular flexibility index (Phi) is 4.13. The summed E-state index contributed by atoms with van der Waals surface area (Å²) >= 11 is 7.82. The summed E-state index contributed by atoms with van der Waals surface area (Å²) in [5.74, 6) is 1.87. The third-order valence-electron chi connectivity index (χ3n) is 2.34. The Bertz CT molecular complexity index is 468. The highest BCUT2D eigenvalue weighted by Gasteiger charge is 2.13. The highest BCUT2D eigenvalue weighted by Crippen LogP contribution is 2.27. The Morgan fingerprint density at radius 1 is 1.59 bits per heavy atom. The van der Waals surface area contributed by atoms with Gasteiger partial charge in [0.25, 0.3) is 0 Å². The smallest absolute Gasteiger partial charge is 0.129 e. The van der Waals surface area contributed by atoms with Gasteiger partial charge in [-0.1, -0.05) is 23.8 Å². The van der Waals surface area contributed by atoms with Gasteiger partial charge in [0, 0.05) is 27.8 Å². The van der Waals surface area contributed by atoms with Gasteiger partial charge in [0.05, 0.1) is 6.54 Å². The molecule has 1 aromatic carbocycles. The Morgan fingerprint density at radius 3 is 3.06 bits per heavy atom. The molecule has 4 heteroatoms. The number of nitrogens with one attached hydrogen (secondary N) is 1. The summed E-state index contributed by atoms with van der Waals surface area (Å²) in [6.07, 6.45) is 0. The first-order valence-corrected chi connectivity index (χ1v) is 6.88. The van der Waals surface area contributed by atoms with E-state index in [-0.39, 0.29) is 0 Å². The van der Waals surface area contributed by atoms with Gasteiger partial charge in [-0.3, -0.25) is 4.99 Å². The van der Waals surface area contributed by atoms with E-state index in [9.17, 15) is 0 Å². The normalized spacial score (nSPS) is 14.4. The fourth-order valence-corrected chi connectivity index (χ4v) is 2.64. The van der Waals surface area contributed by atoms with Crippen molar-refractivity contribution in [3.05, 3.63) is 40.9 Å². The van der Waals surface area contributed by atoms with Crippen LogP contribution in [0.5, 0.6) is 0 Å². The van der Waals surface area contributed by atoms with Crippen LogP contribution in [0.3, 0.4) is 0 Å². The molecule has 1 heterocycles. The number of benzene rings is 1. The standard InChI is InChI=1S/C13H15ClN2S/c1-9(2)8-17-12-4-3-10(14)7-11(12)13-15-5-6-16-13/h3-4,7H,1,5-6,8H2,2H3,(H,15,16). The minimum absolute atomic E-state index is 0.746. The third-order valence-corrected chi connectivity index (χ3v) is 3.88. The number of aliphatic imine (C=N–C) groups is 1. The molecule has 2 rings (SSSR count). The molecular formula is C13H15ClN2S. The van der Waals surface area contributed by atoms with Crippen molar-refractivity contribution < 1.29 is 0 Å². The van der Waals surface area contributed by atoms with Crippen molar-refractivity contribution in [2.75, 3.05) is 18.8 Å². The maximum Gasteiger partial charge on any atom is 0.129 e. The molecule has 1 aromatic rings. The summed E-state index contributed by atoms with van der Waals surface area (Å²) in [6, 6.07) is 5.94. The fraction of sp³-hybridized carbons (Fsp3) is 0.308. The van der Waals surface area contributed by atoms with Crippen LogP contribution in [0.4, 0.5) is 0 Å². The van der Waals surface area contributed by atoms with E-state index in [1.165, 1.54) is 4.90 Å². The Balaban J connectivity index is 2.27. The summed E-state index contributed by atoms with van der Waals surface area (Å²) in [5, 5.41) is 4.03. The van der Waals surface area contributed by atoms with Gasteiger partial charge in [0.1, 0.15) is 5.84 Å². The van der Waals surface area contributed by atoms with Crippen molar-refractivity contribution >= 4 is 29.2 Å². The number of hydrogen-bond acceptors (Lipinski definition) is 3. The maximum atomic E-state index is 6.05. The minimum Gasteiger partial charge on any atom is -0.368 e. The van der Waals surface area contributed by atoms with E-state index in [1.54, 1.807) is 11.8 Å². The largest absolute Gasteiger partial charge is 0.368 e. The minimum atomic E-state index is 0.746. The molecule has 0 saturated heterocycles. The Hall–Kier alpha value is -0.930. The average Bonchev–Trinajstić information content (AvgIpc) is 2.80. The average molecular weight is 267 g/mol. The zero-order valence-electron chi connectivity index (χ0n) is 9.79. The van der Waals surface area contributed by atoms with Crippen LogP contribution in [0.25, 0.3) is 0 Å². The zero-order chi connectivity index (χ0) is 12.3. The predicted octanol–water partition coefficient (Wildman–Crippen LogP) is 3.36. The van der Waals surface area contributed by atoms with E-state index in [1.807, 2.05) is 25.1 Å². The number of amidine groups is 1. The van der Waals surface area contributed by atoms with Crippen LogP contribution in [-0.2, 0) is 0 Å². The summed E-state index contributed by atoms with van der Waals surface area (Å²) in [7, 11) is 0. The van der Waals surface area contributed by atoms with Crippen molar-refractivity contribution in [3.8, 4) is 0 Å². The molecule has 0 unspecified atom stereocenters. The Morgan fingerprint density at radius 2 is 2.41 bits per heavy atom. The van der Waals surface area contributed by atoms with E-state index in [2.05, 4.69) is 16.9 Å². The topological polar surface area (TPSA) is 24.4 Å². The lowest BCUT2D eigenvalue weighted by atomic mass is 10.2. The van der Waals surface area contributed by atoms with E-state index in [0.717, 1.165) is 40.8 Å². The molecule has 0 radical (unpaired) electrons. The zero-order valence-corrected chi connectivity index (χ0v) is 11.4. The lowest BCUT2D eigenvalue weighted by Crippen LogP contribution is -2.20. The van der Waals surface area contributed by atoms with Crippen LogP contribution in [-0.4, -0.2) is 24.7 Å². The summed E-state index contributed by atoms with van der Waals surface area (Å²) in [6.45, 7) is 7.71. The number of halogens is 1. The molecule has 0 saturated carbocycles. The first-order valence-electron chi connectivity index (χ1n) is 5.52. The van der Waals surface area contributed by atoms with Gasteiger partial charge in [-0.25, -0.2) is 0 Å². The fourth-order valence-electron chi connectivity index (χ4n) is 1.59. The van der Waals surface area contributed by atoms with Crippen LogP contribution in [0.2, 0.25) is 5.02 Å². The lowest BCUT2D eigenvalue weighted by Gasteiger charge is -2.10. The van der Waals surface area contributed by atoms with Crippen LogP contribution in [0.1, 0.15) is 12.5 Å². The van der Waals surface area contributed by atoms with Gasteiger partial charge in [-0.15, -0.1) is 11.8 Å². The van der Waals surface area contributed by atoms with Crippen LogP contribution < -0.4 is 5.32 Å². The van der Waals surface area contributed by atoms with E-state index < -0.39 is 0 Å². The second kappa shape index (κ2) is 5.61. The Labute approximate surface area is 111 Å². The van der Waals surface area contributed by atoms with Crippen molar-refractivity contribution in [2.45, 2.75) is 11.8 Å². The first kappa shape index (κ1) is 12.5. The number of thioether (sulfide) groups is 1. The third kappa shape index (κ3) is 3.27. The van der Waals surface area contributed by atoms with Crippen molar-refractivity contribution in [1.29, 1.82) is 0 Å². The molecule has 0 aliphatic carbocycles. The van der Waals surface area contributed by atoms with Gasteiger partial charge >= 0.3 is 0 Å². The van der Waals surface area contributed by atoms with Gasteiger partial charge < -0.3 is 5.32 Å². The van der Waals surface area contributed by atoms with Gasteiger partial charge in [0.15, 0.2) is 0 Å². The van der Waals surface area contributed by atoms with Crippen molar-refractivity contribution in [3.63, 3.8) is 0 Å². The van der Waals surface area contributed by atoms with Gasteiger partial charge in [-0.2, -0.15) is 0 Å². The molecule has 90 valence electrons. The molecule has 17 heavy (non-hydrogen) atoms. The molecule has 0 atom stereocenters. The van der Waals surface area contributed by atoms with E-state index >= 15 is 0 Å². The second-order valence-electron chi connectivity index (χ2n) is 4.04. The van der Waals surface area contributed by atoms with Crippen LogP contribution >= 0.6 is 23.4 Å². The van der Waals surface area contributed by atoms with E-state index in [4.69, 9.17) is 11.6 Å². The SMILES string of the molecule is C=C(C)CSc1ccc(Cl)cc1C1=NCCN1. The first-order chi connectivity index (χ1) is 8.16. The van der Waals surface area contributed by atoms with E-state index in [0.29, 0.717) is 0 Å². The van der Waals surface area contributed by atoms with Crippen LogP contribution in [0.15, 0.2) is 40.2 Å². The lowest BCUT2D eigenvalue weighted by molar-refractivity contribution is 0.959. The molecule has 0 fully saturated rings.